The van der Waals surface area contributed by atoms with Crippen molar-refractivity contribution in [3.05, 3.63) is 70.7 Å². The average Bonchev–Trinajstić information content (AvgIpc) is 3.08. The van der Waals surface area contributed by atoms with Crippen LogP contribution in [0.1, 0.15) is 17.0 Å². The van der Waals surface area contributed by atoms with Gasteiger partial charge in [-0.25, -0.2) is 4.79 Å². The third-order valence-electron chi connectivity index (χ3n) is 4.71. The van der Waals surface area contributed by atoms with Gasteiger partial charge >= 0.3 is 6.03 Å². The number of halogens is 1. The van der Waals surface area contributed by atoms with Crippen LogP contribution in [0.4, 0.5) is 4.79 Å². The van der Waals surface area contributed by atoms with Crippen molar-refractivity contribution < 1.29 is 9.59 Å². The van der Waals surface area contributed by atoms with E-state index in [0.29, 0.717) is 24.7 Å². The highest BCUT2D eigenvalue weighted by atomic mass is 35.5. The lowest BCUT2D eigenvalue weighted by Gasteiger charge is -2.17. The zero-order valence-electron chi connectivity index (χ0n) is 14.9. The number of nitrogens with zero attached hydrogens (tertiary/aromatic N) is 1. The molecule has 1 saturated heterocycles. The molecule has 0 spiro atoms. The summed E-state index contributed by atoms with van der Waals surface area (Å²) in [6.07, 6.45) is 0. The van der Waals surface area contributed by atoms with Crippen LogP contribution >= 0.6 is 11.6 Å². The van der Waals surface area contributed by atoms with Crippen molar-refractivity contribution in [1.82, 2.24) is 15.5 Å². The summed E-state index contributed by atoms with van der Waals surface area (Å²) in [6, 6.07) is 16.7. The lowest BCUT2D eigenvalue weighted by Crippen LogP contribution is -2.43. The standard InChI is InChI=1S/C20H23ClN4O2/c21-16-8-6-14(7-9-16)10-23-20(27)24-11-19(26)25-12-17(18(22)13-25)15-4-2-1-3-5-15/h1-9,17-18H,10-13,22H2,(H2,23,24,27)/t17-,18+/m0/s1. The largest absolute Gasteiger partial charge is 0.339 e. The Hall–Kier alpha value is -2.57. The number of urea groups is 1. The maximum Gasteiger partial charge on any atom is 0.315 e. The number of carbonyl (C=O) groups is 2. The molecule has 0 aliphatic carbocycles. The van der Waals surface area contributed by atoms with Gasteiger partial charge in [0.2, 0.25) is 5.91 Å². The number of benzene rings is 2. The molecule has 2 aromatic rings. The van der Waals surface area contributed by atoms with Gasteiger partial charge in [0.05, 0.1) is 6.54 Å². The Morgan fingerprint density at radius 3 is 2.44 bits per heavy atom. The van der Waals surface area contributed by atoms with E-state index in [2.05, 4.69) is 10.6 Å². The van der Waals surface area contributed by atoms with Gasteiger partial charge in [-0.05, 0) is 23.3 Å². The third-order valence-corrected chi connectivity index (χ3v) is 4.96. The van der Waals surface area contributed by atoms with E-state index in [-0.39, 0.29) is 30.4 Å². The Labute approximate surface area is 163 Å². The van der Waals surface area contributed by atoms with Crippen LogP contribution in [0.25, 0.3) is 0 Å². The van der Waals surface area contributed by atoms with Crippen LogP contribution in [-0.4, -0.2) is 42.5 Å². The lowest BCUT2D eigenvalue weighted by molar-refractivity contribution is -0.129. The SMILES string of the molecule is N[C@@H]1CN(C(=O)CNC(=O)NCc2ccc(Cl)cc2)C[C@H]1c1ccccc1. The van der Waals surface area contributed by atoms with Crippen LogP contribution in [0, 0.1) is 0 Å². The summed E-state index contributed by atoms with van der Waals surface area (Å²) in [6.45, 7) is 1.37. The van der Waals surface area contributed by atoms with Gasteiger partial charge in [-0.2, -0.15) is 0 Å². The van der Waals surface area contributed by atoms with Crippen LogP contribution in [0.5, 0.6) is 0 Å². The third kappa shape index (κ3) is 5.21. The van der Waals surface area contributed by atoms with Crippen molar-refractivity contribution in [2.75, 3.05) is 19.6 Å². The second-order valence-corrected chi connectivity index (χ2v) is 7.08. The van der Waals surface area contributed by atoms with Crippen LogP contribution in [0.2, 0.25) is 5.02 Å². The fourth-order valence-corrected chi connectivity index (χ4v) is 3.33. The van der Waals surface area contributed by atoms with E-state index in [1.54, 1.807) is 17.0 Å². The van der Waals surface area contributed by atoms with E-state index in [0.717, 1.165) is 11.1 Å². The van der Waals surface area contributed by atoms with Crippen molar-refractivity contribution in [3.8, 4) is 0 Å². The smallest absolute Gasteiger partial charge is 0.315 e. The van der Waals surface area contributed by atoms with Crippen molar-refractivity contribution >= 4 is 23.5 Å². The van der Waals surface area contributed by atoms with Crippen LogP contribution in [0.15, 0.2) is 54.6 Å². The highest BCUT2D eigenvalue weighted by Gasteiger charge is 2.33. The summed E-state index contributed by atoms with van der Waals surface area (Å²) in [5.74, 6) is -0.0144. The van der Waals surface area contributed by atoms with E-state index >= 15 is 0 Å². The Kier molecular flexibility index (Phi) is 6.32. The van der Waals surface area contributed by atoms with E-state index in [9.17, 15) is 9.59 Å². The Morgan fingerprint density at radius 2 is 1.74 bits per heavy atom. The number of nitrogens with two attached hydrogens (primary N) is 1. The Balaban J connectivity index is 1.44. The van der Waals surface area contributed by atoms with Crippen molar-refractivity contribution in [3.63, 3.8) is 0 Å². The summed E-state index contributed by atoms with van der Waals surface area (Å²) in [5, 5.41) is 5.97. The van der Waals surface area contributed by atoms with Gasteiger partial charge in [-0.1, -0.05) is 54.1 Å². The first-order valence-electron chi connectivity index (χ1n) is 8.87. The maximum absolute atomic E-state index is 12.4. The molecule has 27 heavy (non-hydrogen) atoms. The lowest BCUT2D eigenvalue weighted by atomic mass is 9.95. The molecule has 2 atom stereocenters. The molecule has 0 unspecified atom stereocenters. The molecule has 2 aromatic carbocycles. The molecule has 142 valence electrons. The second-order valence-electron chi connectivity index (χ2n) is 6.64. The highest BCUT2D eigenvalue weighted by molar-refractivity contribution is 6.30. The molecule has 1 aliphatic rings. The monoisotopic (exact) mass is 386 g/mol. The van der Waals surface area contributed by atoms with E-state index in [4.69, 9.17) is 17.3 Å². The first kappa shape index (κ1) is 19.2. The first-order valence-corrected chi connectivity index (χ1v) is 9.25. The van der Waals surface area contributed by atoms with Crippen LogP contribution < -0.4 is 16.4 Å². The zero-order valence-corrected chi connectivity index (χ0v) is 15.7. The number of carbonyl (C=O) groups excluding carboxylic acids is 2. The topological polar surface area (TPSA) is 87.5 Å². The molecule has 6 nitrogen and oxygen atoms in total. The highest BCUT2D eigenvalue weighted by Crippen LogP contribution is 2.26. The summed E-state index contributed by atoms with van der Waals surface area (Å²) in [7, 11) is 0. The minimum Gasteiger partial charge on any atom is -0.339 e. The molecule has 1 fully saturated rings. The molecule has 0 saturated carbocycles. The Bertz CT molecular complexity index is 782. The van der Waals surface area contributed by atoms with Gasteiger partial charge in [-0.15, -0.1) is 0 Å². The fourth-order valence-electron chi connectivity index (χ4n) is 3.20. The first-order chi connectivity index (χ1) is 13.0. The Morgan fingerprint density at radius 1 is 1.04 bits per heavy atom. The van der Waals surface area contributed by atoms with Crippen molar-refractivity contribution in [2.24, 2.45) is 5.73 Å². The molecule has 0 aromatic heterocycles. The molecule has 1 heterocycles. The maximum atomic E-state index is 12.4. The number of rotatable bonds is 5. The van der Waals surface area contributed by atoms with E-state index in [1.807, 2.05) is 42.5 Å². The van der Waals surface area contributed by atoms with Crippen molar-refractivity contribution in [2.45, 2.75) is 18.5 Å². The minimum atomic E-state index is -0.388. The number of amides is 3. The average molecular weight is 387 g/mol. The predicted molar refractivity (Wildman–Crippen MR) is 105 cm³/mol. The molecular weight excluding hydrogens is 364 g/mol. The van der Waals surface area contributed by atoms with Crippen LogP contribution in [-0.2, 0) is 11.3 Å². The number of likely N-dealkylation sites (tertiary alicyclic amines) is 1. The van der Waals surface area contributed by atoms with Crippen LogP contribution in [0.3, 0.4) is 0 Å². The van der Waals surface area contributed by atoms with E-state index in [1.165, 1.54) is 0 Å². The molecule has 1 aliphatic heterocycles. The van der Waals surface area contributed by atoms with E-state index < -0.39 is 0 Å². The minimum absolute atomic E-state index is 0.0549. The molecule has 0 bridgehead atoms. The van der Waals surface area contributed by atoms with Gasteiger partial charge < -0.3 is 21.3 Å². The number of hydrogen-bond acceptors (Lipinski definition) is 3. The number of nitrogens with one attached hydrogen (secondary N) is 2. The summed E-state index contributed by atoms with van der Waals surface area (Å²) in [5.41, 5.74) is 8.28. The van der Waals surface area contributed by atoms with Gasteiger partial charge in [0.15, 0.2) is 0 Å². The molecule has 0 radical (unpaired) electrons. The van der Waals surface area contributed by atoms with Gasteiger partial charge in [0, 0.05) is 36.6 Å². The molecule has 3 rings (SSSR count). The van der Waals surface area contributed by atoms with Crippen molar-refractivity contribution in [1.29, 1.82) is 0 Å². The van der Waals surface area contributed by atoms with Gasteiger partial charge in [0.1, 0.15) is 0 Å². The van der Waals surface area contributed by atoms with Gasteiger partial charge in [-0.3, -0.25) is 4.79 Å². The summed E-state index contributed by atoms with van der Waals surface area (Å²) in [4.78, 5) is 26.0. The zero-order chi connectivity index (χ0) is 19.2. The molecule has 7 heteroatoms. The van der Waals surface area contributed by atoms with Gasteiger partial charge in [0.25, 0.3) is 0 Å². The number of hydrogen-bond donors (Lipinski definition) is 3. The molecule has 4 N–H and O–H groups in total. The quantitative estimate of drug-likeness (QED) is 0.735. The molecular formula is C20H23ClN4O2. The summed E-state index contributed by atoms with van der Waals surface area (Å²) < 4.78 is 0. The fraction of sp³-hybridized carbons (Fsp3) is 0.300. The molecule has 3 amide bonds. The second kappa shape index (κ2) is 8.88. The summed E-state index contributed by atoms with van der Waals surface area (Å²) >= 11 is 5.83. The predicted octanol–water partition coefficient (Wildman–Crippen LogP) is 2.09. The normalized spacial score (nSPS) is 19.0.